The fourth-order valence-corrected chi connectivity index (χ4v) is 5.61. The number of amides is 1. The molecule has 2 aliphatic rings. The van der Waals surface area contributed by atoms with Crippen molar-refractivity contribution in [3.05, 3.63) is 44.3 Å². The minimum absolute atomic E-state index is 0.0751. The monoisotopic (exact) mass is 540 g/mol. The highest BCUT2D eigenvalue weighted by molar-refractivity contribution is 7.08. The van der Waals surface area contributed by atoms with Crippen LogP contribution in [0.3, 0.4) is 0 Å². The molecule has 37 heavy (non-hydrogen) atoms. The fourth-order valence-electron chi connectivity index (χ4n) is 4.54. The Labute approximate surface area is 223 Å². The van der Waals surface area contributed by atoms with E-state index in [2.05, 4.69) is 42.6 Å². The molecule has 12 heteroatoms. The van der Waals surface area contributed by atoms with Gasteiger partial charge in [-0.2, -0.15) is 10.2 Å². The standard InChI is InChI=1S/C15H20N4O2S.C10H12N4S/c1-9-5-11-10(6-19(9)14(20)21-15(2,3)4)13(18-17-11)12-7-22-8-16-12;1-6-2-8-7(3-11-6)10(14-13-8)9-4-15-5-12-9/h7-9H,5-6H2,1-4H3,(H,17,18);4-6,11H,2-3H2,1H3,(H,13,14). The second-order valence-corrected chi connectivity index (χ2v) is 11.9. The van der Waals surface area contributed by atoms with Crippen LogP contribution in [0.1, 0.15) is 57.1 Å². The molecule has 4 aromatic heterocycles. The molecule has 2 unspecified atom stereocenters. The number of nitrogens with zero attached hydrogens (tertiary/aromatic N) is 5. The van der Waals surface area contributed by atoms with Crippen LogP contribution >= 0.6 is 22.7 Å². The van der Waals surface area contributed by atoms with Crippen LogP contribution in [0.15, 0.2) is 21.8 Å². The number of aromatic amines is 2. The first-order valence-electron chi connectivity index (χ1n) is 12.3. The van der Waals surface area contributed by atoms with Gasteiger partial charge in [-0.25, -0.2) is 14.8 Å². The van der Waals surface area contributed by atoms with E-state index in [1.807, 2.05) is 44.0 Å². The zero-order chi connectivity index (χ0) is 26.2. The number of carbonyl (C=O) groups excluding carboxylic acids is 1. The lowest BCUT2D eigenvalue weighted by Crippen LogP contribution is -2.45. The molecule has 0 saturated heterocycles. The van der Waals surface area contributed by atoms with Crippen LogP contribution in [0.25, 0.3) is 22.8 Å². The topological polar surface area (TPSA) is 125 Å². The average Bonchev–Trinajstić information content (AvgIpc) is 3.63. The molecule has 6 heterocycles. The van der Waals surface area contributed by atoms with Crippen molar-refractivity contribution in [2.24, 2.45) is 0 Å². The maximum absolute atomic E-state index is 12.4. The van der Waals surface area contributed by atoms with Crippen LogP contribution in [0.2, 0.25) is 0 Å². The molecule has 10 nitrogen and oxygen atoms in total. The molecule has 0 aromatic carbocycles. The number of fused-ring (bicyclic) bond motifs is 2. The first-order valence-corrected chi connectivity index (χ1v) is 14.2. The van der Waals surface area contributed by atoms with Gasteiger partial charge in [0.1, 0.15) is 28.4 Å². The summed E-state index contributed by atoms with van der Waals surface area (Å²) in [5.74, 6) is 0. The van der Waals surface area contributed by atoms with Crippen molar-refractivity contribution in [1.82, 2.24) is 40.6 Å². The van der Waals surface area contributed by atoms with E-state index in [1.165, 1.54) is 22.6 Å². The predicted molar refractivity (Wildman–Crippen MR) is 144 cm³/mol. The van der Waals surface area contributed by atoms with E-state index in [-0.39, 0.29) is 12.1 Å². The molecule has 0 bridgehead atoms. The minimum Gasteiger partial charge on any atom is -0.444 e. The summed E-state index contributed by atoms with van der Waals surface area (Å²) in [7, 11) is 0. The third-order valence-electron chi connectivity index (χ3n) is 6.38. The SMILES string of the molecule is CC1Cc2[nH]nc(-c3cscn3)c2CN1.CC1Cc2[nH]nc(-c3cscn3)c2CN1C(=O)OC(C)(C)C. The number of ether oxygens (including phenoxy) is 1. The lowest BCUT2D eigenvalue weighted by molar-refractivity contribution is 0.0138. The Hall–Kier alpha value is -3.09. The van der Waals surface area contributed by atoms with E-state index in [4.69, 9.17) is 4.74 Å². The summed E-state index contributed by atoms with van der Waals surface area (Å²) in [4.78, 5) is 22.8. The quantitative estimate of drug-likeness (QED) is 0.334. The second-order valence-electron chi connectivity index (χ2n) is 10.5. The first kappa shape index (κ1) is 25.6. The highest BCUT2D eigenvalue weighted by atomic mass is 32.1. The van der Waals surface area contributed by atoms with Crippen LogP contribution in [-0.4, -0.2) is 59.0 Å². The van der Waals surface area contributed by atoms with Crippen molar-refractivity contribution in [2.75, 3.05) is 0 Å². The van der Waals surface area contributed by atoms with Crippen LogP contribution in [0.5, 0.6) is 0 Å². The van der Waals surface area contributed by atoms with E-state index in [0.29, 0.717) is 12.6 Å². The van der Waals surface area contributed by atoms with Crippen LogP contribution < -0.4 is 5.32 Å². The number of aromatic nitrogens is 6. The lowest BCUT2D eigenvalue weighted by Gasteiger charge is -2.34. The van der Waals surface area contributed by atoms with Gasteiger partial charge in [-0.3, -0.25) is 10.2 Å². The summed E-state index contributed by atoms with van der Waals surface area (Å²) in [5, 5.41) is 22.4. The second kappa shape index (κ2) is 10.3. The van der Waals surface area contributed by atoms with Crippen LogP contribution in [-0.2, 0) is 30.7 Å². The Morgan fingerprint density at radius 2 is 1.57 bits per heavy atom. The Bertz CT molecular complexity index is 1340. The van der Waals surface area contributed by atoms with Gasteiger partial charge in [0, 0.05) is 64.7 Å². The van der Waals surface area contributed by atoms with Gasteiger partial charge in [0.05, 0.1) is 17.6 Å². The fraction of sp³-hybridized carbons (Fsp3) is 0.480. The van der Waals surface area contributed by atoms with E-state index in [0.717, 1.165) is 53.4 Å². The Morgan fingerprint density at radius 1 is 0.973 bits per heavy atom. The maximum Gasteiger partial charge on any atom is 0.410 e. The number of H-pyrrole nitrogens is 2. The third-order valence-corrected chi connectivity index (χ3v) is 7.55. The van der Waals surface area contributed by atoms with Gasteiger partial charge in [-0.1, -0.05) is 0 Å². The van der Waals surface area contributed by atoms with Crippen molar-refractivity contribution in [3.63, 3.8) is 0 Å². The number of thiazole rings is 2. The van der Waals surface area contributed by atoms with Crippen LogP contribution in [0.4, 0.5) is 4.79 Å². The molecule has 6 rings (SSSR count). The van der Waals surface area contributed by atoms with Crippen molar-refractivity contribution in [2.45, 2.75) is 78.2 Å². The summed E-state index contributed by atoms with van der Waals surface area (Å²) in [5.41, 5.74) is 11.4. The smallest absolute Gasteiger partial charge is 0.410 e. The molecule has 0 fully saturated rings. The van der Waals surface area contributed by atoms with Gasteiger partial charge in [0.15, 0.2) is 0 Å². The zero-order valence-electron chi connectivity index (χ0n) is 21.7. The molecule has 3 N–H and O–H groups in total. The predicted octanol–water partition coefficient (Wildman–Crippen LogP) is 4.78. The average molecular weight is 541 g/mol. The van der Waals surface area contributed by atoms with Gasteiger partial charge in [0.25, 0.3) is 0 Å². The molecule has 2 aliphatic heterocycles. The van der Waals surface area contributed by atoms with Gasteiger partial charge in [0.2, 0.25) is 0 Å². The lowest BCUT2D eigenvalue weighted by atomic mass is 9.99. The highest BCUT2D eigenvalue weighted by Crippen LogP contribution is 2.31. The molecule has 0 spiro atoms. The largest absolute Gasteiger partial charge is 0.444 e. The molecule has 2 atom stereocenters. The summed E-state index contributed by atoms with van der Waals surface area (Å²) in [6, 6.07) is 0.604. The van der Waals surface area contributed by atoms with E-state index in [1.54, 1.807) is 21.7 Å². The third kappa shape index (κ3) is 5.60. The summed E-state index contributed by atoms with van der Waals surface area (Å²) < 4.78 is 5.51. The van der Waals surface area contributed by atoms with Crippen LogP contribution in [0, 0.1) is 0 Å². The highest BCUT2D eigenvalue weighted by Gasteiger charge is 2.33. The molecule has 4 aromatic rings. The van der Waals surface area contributed by atoms with Gasteiger partial charge in [-0.05, 0) is 34.6 Å². The Morgan fingerprint density at radius 3 is 2.14 bits per heavy atom. The van der Waals surface area contributed by atoms with Crippen molar-refractivity contribution in [3.8, 4) is 22.8 Å². The normalized spacial score (nSPS) is 19.0. The molecular formula is C25H32N8O2S2. The molecule has 0 radical (unpaired) electrons. The summed E-state index contributed by atoms with van der Waals surface area (Å²) in [6.07, 6.45) is 1.48. The zero-order valence-corrected chi connectivity index (χ0v) is 23.3. The van der Waals surface area contributed by atoms with Gasteiger partial charge < -0.3 is 15.0 Å². The number of hydrogen-bond acceptors (Lipinski definition) is 9. The number of nitrogens with one attached hydrogen (secondary N) is 3. The molecule has 0 aliphatic carbocycles. The number of carbonyl (C=O) groups is 1. The first-order chi connectivity index (χ1) is 17.7. The number of rotatable bonds is 2. The van der Waals surface area contributed by atoms with Gasteiger partial charge >= 0.3 is 6.09 Å². The van der Waals surface area contributed by atoms with Gasteiger partial charge in [-0.15, -0.1) is 22.7 Å². The minimum atomic E-state index is -0.495. The van der Waals surface area contributed by atoms with Crippen molar-refractivity contribution >= 4 is 28.8 Å². The Kier molecular flexibility index (Phi) is 7.15. The summed E-state index contributed by atoms with van der Waals surface area (Å²) in [6.45, 7) is 11.2. The van der Waals surface area contributed by atoms with E-state index < -0.39 is 5.60 Å². The number of hydrogen-bond donors (Lipinski definition) is 3. The molecule has 1 amide bonds. The van der Waals surface area contributed by atoms with E-state index in [9.17, 15) is 4.79 Å². The maximum atomic E-state index is 12.4. The van der Waals surface area contributed by atoms with Crippen molar-refractivity contribution in [1.29, 1.82) is 0 Å². The van der Waals surface area contributed by atoms with Crippen molar-refractivity contribution < 1.29 is 9.53 Å². The summed E-state index contributed by atoms with van der Waals surface area (Å²) >= 11 is 3.14. The Balaban J connectivity index is 0.000000162. The molecular weight excluding hydrogens is 508 g/mol. The molecule has 0 saturated carbocycles. The molecule has 196 valence electrons. The van der Waals surface area contributed by atoms with E-state index >= 15 is 0 Å².